The molecule has 0 aliphatic rings. The van der Waals surface area contributed by atoms with E-state index in [1.54, 1.807) is 7.11 Å². The van der Waals surface area contributed by atoms with Crippen molar-refractivity contribution in [1.29, 1.82) is 0 Å². The molecule has 1 rings (SSSR count). The number of rotatable bonds is 2. The minimum atomic E-state index is -0.0408. The summed E-state index contributed by atoms with van der Waals surface area (Å²) in [6.45, 7) is 4.39. The molecule has 1 aromatic rings. The smallest absolute Gasteiger partial charge is 0.118 e. The third kappa shape index (κ3) is 2.08. The van der Waals surface area contributed by atoms with Crippen LogP contribution in [0, 0.1) is 6.92 Å². The summed E-state index contributed by atoms with van der Waals surface area (Å²) in [5.41, 5.74) is 1.30. The summed E-state index contributed by atoms with van der Waals surface area (Å²) in [6.07, 6.45) is 0. The van der Waals surface area contributed by atoms with E-state index in [4.69, 9.17) is 4.74 Å². The van der Waals surface area contributed by atoms with Crippen molar-refractivity contribution in [1.82, 2.24) is 0 Å². The second-order valence-corrected chi connectivity index (χ2v) is 4.24. The Labute approximate surface area is 70.2 Å². The summed E-state index contributed by atoms with van der Waals surface area (Å²) in [5.74, 6) is 0.995. The zero-order valence-corrected chi connectivity index (χ0v) is 8.76. The van der Waals surface area contributed by atoms with Gasteiger partial charge in [0.15, 0.2) is 0 Å². The van der Waals surface area contributed by atoms with Crippen molar-refractivity contribution in [2.45, 2.75) is 13.5 Å². The summed E-state index contributed by atoms with van der Waals surface area (Å²) in [4.78, 5) is 0. The van der Waals surface area contributed by atoms with Crippen molar-refractivity contribution in [3.63, 3.8) is 0 Å². The third-order valence-electron chi connectivity index (χ3n) is 1.75. The normalized spacial score (nSPS) is 10.8. The molecule has 0 aliphatic heterocycles. The third-order valence-corrected chi connectivity index (χ3v) is 2.98. The van der Waals surface area contributed by atoms with Crippen LogP contribution >= 0.6 is 0 Å². The Morgan fingerprint density at radius 1 is 1.27 bits per heavy atom. The van der Waals surface area contributed by atoms with E-state index in [2.05, 4.69) is 31.7 Å². The summed E-state index contributed by atoms with van der Waals surface area (Å²) in [7, 11) is 1.68. The van der Waals surface area contributed by atoms with Crippen LogP contribution in [-0.2, 0) is 0 Å². The molecule has 0 unspecified atom stereocenters. The Kier molecular flexibility index (Phi) is 2.71. The largest absolute Gasteiger partial charge is 0.497 e. The van der Waals surface area contributed by atoms with Crippen molar-refractivity contribution >= 4 is 14.7 Å². The number of methoxy groups -OCH3 is 1. The van der Waals surface area contributed by atoms with E-state index in [0.29, 0.717) is 0 Å². The van der Waals surface area contributed by atoms with E-state index in [1.807, 2.05) is 0 Å². The van der Waals surface area contributed by atoms with Crippen LogP contribution in [0.15, 0.2) is 18.2 Å². The van der Waals surface area contributed by atoms with Gasteiger partial charge in [0.05, 0.1) is 16.6 Å². The van der Waals surface area contributed by atoms with Crippen LogP contribution in [0.3, 0.4) is 0 Å². The van der Waals surface area contributed by atoms with Gasteiger partial charge in [-0.2, -0.15) is 0 Å². The Morgan fingerprint density at radius 2 is 2.00 bits per heavy atom. The van der Waals surface area contributed by atoms with Gasteiger partial charge in [0, 0.05) is 0 Å². The number of benzene rings is 1. The molecule has 0 fully saturated rings. The van der Waals surface area contributed by atoms with E-state index in [9.17, 15) is 0 Å². The highest BCUT2D eigenvalue weighted by Crippen LogP contribution is 2.09. The first-order chi connectivity index (χ1) is 5.26. The van der Waals surface area contributed by atoms with Crippen LogP contribution in [0.1, 0.15) is 5.56 Å². The lowest BCUT2D eigenvalue weighted by molar-refractivity contribution is 0.415. The minimum absolute atomic E-state index is 0.0408. The van der Waals surface area contributed by atoms with Gasteiger partial charge in [-0.1, -0.05) is 17.8 Å². The molecular weight excluding hydrogens is 152 g/mol. The quantitative estimate of drug-likeness (QED) is 0.592. The molecule has 0 bridgehead atoms. The fourth-order valence-electron chi connectivity index (χ4n) is 1.15. The maximum atomic E-state index is 5.16. The molecule has 0 saturated heterocycles. The molecule has 11 heavy (non-hydrogen) atoms. The lowest BCUT2D eigenvalue weighted by Crippen LogP contribution is -2.10. The fourth-order valence-corrected chi connectivity index (χ4v) is 2.08. The Bertz CT molecular complexity index is 223. The number of aryl methyl sites for hydroxylation is 1. The van der Waals surface area contributed by atoms with Gasteiger partial charge in [0.1, 0.15) is 5.75 Å². The highest BCUT2D eigenvalue weighted by atomic mass is 28.2. The van der Waals surface area contributed by atoms with Gasteiger partial charge in [-0.05, 0) is 24.6 Å². The molecule has 2 heteroatoms. The first-order valence-corrected chi connectivity index (χ1v) is 6.03. The van der Waals surface area contributed by atoms with Crippen LogP contribution in [-0.4, -0.2) is 16.6 Å². The maximum absolute atomic E-state index is 5.16. The van der Waals surface area contributed by atoms with Gasteiger partial charge in [-0.3, -0.25) is 0 Å². The van der Waals surface area contributed by atoms with Crippen molar-refractivity contribution in [3.05, 3.63) is 23.8 Å². The summed E-state index contributed by atoms with van der Waals surface area (Å²) in [6, 6.07) is 6.45. The fraction of sp³-hybridized carbons (Fsp3) is 0.333. The van der Waals surface area contributed by atoms with Gasteiger partial charge in [-0.15, -0.1) is 0 Å². The molecular formula is C9H14OSi. The number of hydrogen-bond acceptors (Lipinski definition) is 1. The molecule has 0 saturated carbocycles. The van der Waals surface area contributed by atoms with Crippen LogP contribution in [0.25, 0.3) is 0 Å². The van der Waals surface area contributed by atoms with Gasteiger partial charge in [0.2, 0.25) is 0 Å². The van der Waals surface area contributed by atoms with Gasteiger partial charge < -0.3 is 4.74 Å². The first-order valence-electron chi connectivity index (χ1n) is 3.91. The highest BCUT2D eigenvalue weighted by molar-refractivity contribution is 6.52. The topological polar surface area (TPSA) is 9.23 Å². The molecule has 0 spiro atoms. The molecule has 60 valence electrons. The first kappa shape index (κ1) is 8.33. The average molecular weight is 166 g/mol. The van der Waals surface area contributed by atoms with E-state index in [-0.39, 0.29) is 9.52 Å². The molecule has 0 amide bonds. The van der Waals surface area contributed by atoms with Crippen molar-refractivity contribution in [3.8, 4) is 5.75 Å². The second-order valence-electron chi connectivity index (χ2n) is 2.71. The molecule has 0 heterocycles. The lowest BCUT2D eigenvalue weighted by atomic mass is 10.2. The van der Waals surface area contributed by atoms with Crippen LogP contribution < -0.4 is 9.92 Å². The Balaban J connectivity index is 3.02. The Hall–Kier alpha value is -0.763. The summed E-state index contributed by atoms with van der Waals surface area (Å²) < 4.78 is 5.16. The van der Waals surface area contributed by atoms with Crippen LogP contribution in [0.2, 0.25) is 6.55 Å². The maximum Gasteiger partial charge on any atom is 0.118 e. The standard InChI is InChI=1S/C9H14OSi/c1-7-4-8(10-2)6-9(5-7)11-3/h4-6H,11H2,1-3H3. The zero-order valence-electron chi connectivity index (χ0n) is 7.35. The molecule has 0 aliphatic carbocycles. The zero-order chi connectivity index (χ0) is 8.27. The van der Waals surface area contributed by atoms with Crippen molar-refractivity contribution in [2.75, 3.05) is 7.11 Å². The van der Waals surface area contributed by atoms with E-state index in [1.165, 1.54) is 10.8 Å². The number of hydrogen-bond donors (Lipinski definition) is 0. The average Bonchev–Trinajstić information content (AvgIpc) is 2.03. The minimum Gasteiger partial charge on any atom is -0.497 e. The summed E-state index contributed by atoms with van der Waals surface area (Å²) in [5, 5.41) is 1.47. The predicted molar refractivity (Wildman–Crippen MR) is 51.8 cm³/mol. The van der Waals surface area contributed by atoms with Gasteiger partial charge in [-0.25, -0.2) is 0 Å². The molecule has 1 nitrogen and oxygen atoms in total. The molecule has 0 aromatic heterocycles. The summed E-state index contributed by atoms with van der Waals surface area (Å²) >= 11 is 0. The van der Waals surface area contributed by atoms with E-state index in [0.717, 1.165) is 5.75 Å². The van der Waals surface area contributed by atoms with E-state index >= 15 is 0 Å². The SMILES string of the molecule is COc1cc(C)cc([SiH2]C)c1. The van der Waals surface area contributed by atoms with Crippen LogP contribution in [0.4, 0.5) is 0 Å². The molecule has 0 atom stereocenters. The molecule has 0 N–H and O–H groups in total. The van der Waals surface area contributed by atoms with E-state index < -0.39 is 0 Å². The second kappa shape index (κ2) is 3.58. The molecule has 1 aromatic carbocycles. The van der Waals surface area contributed by atoms with Crippen molar-refractivity contribution < 1.29 is 4.74 Å². The van der Waals surface area contributed by atoms with Gasteiger partial charge >= 0.3 is 0 Å². The van der Waals surface area contributed by atoms with Crippen molar-refractivity contribution in [2.24, 2.45) is 0 Å². The Morgan fingerprint density at radius 3 is 2.55 bits per heavy atom. The number of ether oxygens (including phenoxy) is 1. The monoisotopic (exact) mass is 166 g/mol. The highest BCUT2D eigenvalue weighted by Gasteiger charge is 1.95. The van der Waals surface area contributed by atoms with Crippen LogP contribution in [0.5, 0.6) is 5.75 Å². The lowest BCUT2D eigenvalue weighted by Gasteiger charge is -2.03. The predicted octanol–water partition coefficient (Wildman–Crippen LogP) is 0.846. The molecule has 0 radical (unpaired) electrons. The van der Waals surface area contributed by atoms with Gasteiger partial charge in [0.25, 0.3) is 0 Å².